The van der Waals surface area contributed by atoms with Gasteiger partial charge < -0.3 is 10.3 Å². The fraction of sp³-hybridized carbons (Fsp3) is 0.167. The molecule has 0 saturated heterocycles. The Bertz CT molecular complexity index is 1230. The third kappa shape index (κ3) is 3.77. The maximum atomic E-state index is 12.9. The van der Waals surface area contributed by atoms with Gasteiger partial charge in [-0.25, -0.2) is 4.98 Å². The van der Waals surface area contributed by atoms with Crippen LogP contribution in [0.5, 0.6) is 0 Å². The summed E-state index contributed by atoms with van der Waals surface area (Å²) < 4.78 is 0. The fourth-order valence-corrected chi connectivity index (χ4v) is 3.65. The predicted molar refractivity (Wildman–Crippen MR) is 119 cm³/mol. The van der Waals surface area contributed by atoms with Gasteiger partial charge in [0, 0.05) is 39.8 Å². The second-order valence-corrected chi connectivity index (χ2v) is 7.35. The lowest BCUT2D eigenvalue weighted by molar-refractivity contribution is -0.119. The van der Waals surface area contributed by atoms with Gasteiger partial charge >= 0.3 is 0 Å². The molecule has 7 heteroatoms. The number of amides is 2. The maximum absolute atomic E-state index is 12.9. The zero-order valence-electron chi connectivity index (χ0n) is 17.3. The molecule has 0 radical (unpaired) electrons. The summed E-state index contributed by atoms with van der Waals surface area (Å²) in [6.45, 7) is 7.59. The summed E-state index contributed by atoms with van der Waals surface area (Å²) in [6.07, 6.45) is 0.640. The lowest BCUT2D eigenvalue weighted by Gasteiger charge is -2.24. The molecule has 0 aliphatic carbocycles. The van der Waals surface area contributed by atoms with Crippen LogP contribution >= 0.6 is 0 Å². The van der Waals surface area contributed by atoms with E-state index in [0.717, 1.165) is 5.56 Å². The molecule has 1 atom stereocenters. The highest BCUT2D eigenvalue weighted by Crippen LogP contribution is 2.33. The first-order valence-electron chi connectivity index (χ1n) is 10.0. The summed E-state index contributed by atoms with van der Waals surface area (Å²) in [5.41, 5.74) is 3.46. The van der Waals surface area contributed by atoms with Crippen LogP contribution in [0.1, 0.15) is 35.5 Å². The molecule has 156 valence electrons. The van der Waals surface area contributed by atoms with Crippen LogP contribution in [-0.2, 0) is 11.2 Å². The SMILES string of the molecule is C=C1c2ccccc2C(=O)N1[C@@H](C)C(=O)Nc1cccc(-c2nc(CC)cc(=O)[nH]2)c1. The topological polar surface area (TPSA) is 95.2 Å². The van der Waals surface area contributed by atoms with E-state index >= 15 is 0 Å². The average molecular weight is 414 g/mol. The second kappa shape index (κ2) is 8.02. The molecule has 2 amide bonds. The van der Waals surface area contributed by atoms with Gasteiger partial charge in [-0.2, -0.15) is 0 Å². The van der Waals surface area contributed by atoms with Crippen molar-refractivity contribution >= 4 is 23.2 Å². The minimum absolute atomic E-state index is 0.226. The number of anilines is 1. The molecule has 0 bridgehead atoms. The Labute approximate surface area is 179 Å². The van der Waals surface area contributed by atoms with Crippen LogP contribution in [-0.4, -0.2) is 32.7 Å². The summed E-state index contributed by atoms with van der Waals surface area (Å²) in [7, 11) is 0. The van der Waals surface area contributed by atoms with Crippen LogP contribution in [0, 0.1) is 0 Å². The largest absolute Gasteiger partial charge is 0.324 e. The van der Waals surface area contributed by atoms with Gasteiger partial charge in [0.2, 0.25) is 5.91 Å². The van der Waals surface area contributed by atoms with Gasteiger partial charge in [-0.15, -0.1) is 0 Å². The zero-order valence-corrected chi connectivity index (χ0v) is 17.3. The Morgan fingerprint density at radius 1 is 1.13 bits per heavy atom. The van der Waals surface area contributed by atoms with Gasteiger partial charge in [0.05, 0.1) is 0 Å². The second-order valence-electron chi connectivity index (χ2n) is 7.35. The normalized spacial score (nSPS) is 13.8. The minimum atomic E-state index is -0.752. The molecule has 31 heavy (non-hydrogen) atoms. The number of aromatic amines is 1. The summed E-state index contributed by atoms with van der Waals surface area (Å²) in [5.74, 6) is -0.148. The highest BCUT2D eigenvalue weighted by Gasteiger charge is 2.36. The molecule has 2 N–H and O–H groups in total. The van der Waals surface area contributed by atoms with Crippen LogP contribution in [0.2, 0.25) is 0 Å². The lowest BCUT2D eigenvalue weighted by atomic mass is 10.1. The van der Waals surface area contributed by atoms with Crippen molar-refractivity contribution in [1.82, 2.24) is 14.9 Å². The van der Waals surface area contributed by atoms with Gasteiger partial charge in [-0.05, 0) is 31.5 Å². The summed E-state index contributed by atoms with van der Waals surface area (Å²) >= 11 is 0. The fourth-order valence-electron chi connectivity index (χ4n) is 3.65. The van der Waals surface area contributed by atoms with Gasteiger partial charge in [-0.1, -0.05) is 43.8 Å². The van der Waals surface area contributed by atoms with E-state index in [0.29, 0.717) is 40.5 Å². The van der Waals surface area contributed by atoms with Crippen molar-refractivity contribution in [2.75, 3.05) is 5.32 Å². The quantitative estimate of drug-likeness (QED) is 0.668. The van der Waals surface area contributed by atoms with Crippen molar-refractivity contribution < 1.29 is 9.59 Å². The van der Waals surface area contributed by atoms with E-state index < -0.39 is 6.04 Å². The van der Waals surface area contributed by atoms with Crippen LogP contribution < -0.4 is 10.9 Å². The summed E-state index contributed by atoms with van der Waals surface area (Å²) in [6, 6.07) is 14.9. The number of carbonyl (C=O) groups excluding carboxylic acids is 2. The Morgan fingerprint density at radius 3 is 2.58 bits per heavy atom. The zero-order chi connectivity index (χ0) is 22.1. The number of nitrogens with one attached hydrogen (secondary N) is 2. The van der Waals surface area contributed by atoms with Crippen LogP contribution in [0.4, 0.5) is 5.69 Å². The van der Waals surface area contributed by atoms with Crippen molar-refractivity contribution in [3.63, 3.8) is 0 Å². The number of rotatable bonds is 5. The lowest BCUT2D eigenvalue weighted by Crippen LogP contribution is -2.41. The third-order valence-electron chi connectivity index (χ3n) is 5.31. The third-order valence-corrected chi connectivity index (χ3v) is 5.31. The number of hydrogen-bond acceptors (Lipinski definition) is 4. The van der Waals surface area contributed by atoms with Crippen molar-refractivity contribution in [2.45, 2.75) is 26.3 Å². The van der Waals surface area contributed by atoms with E-state index in [9.17, 15) is 14.4 Å². The van der Waals surface area contributed by atoms with Crippen molar-refractivity contribution in [3.05, 3.63) is 88.4 Å². The number of hydrogen-bond donors (Lipinski definition) is 2. The molecule has 0 unspecified atom stereocenters. The van der Waals surface area contributed by atoms with E-state index in [1.54, 1.807) is 43.3 Å². The van der Waals surface area contributed by atoms with E-state index in [2.05, 4.69) is 21.9 Å². The molecule has 2 aromatic carbocycles. The van der Waals surface area contributed by atoms with E-state index in [4.69, 9.17) is 0 Å². The first kappa shape index (κ1) is 20.3. The van der Waals surface area contributed by atoms with Gasteiger partial charge in [0.1, 0.15) is 11.9 Å². The van der Waals surface area contributed by atoms with Crippen molar-refractivity contribution in [2.24, 2.45) is 0 Å². The first-order chi connectivity index (χ1) is 14.9. The number of benzene rings is 2. The number of nitrogens with zero attached hydrogens (tertiary/aromatic N) is 2. The molecule has 7 nitrogen and oxygen atoms in total. The average Bonchev–Trinajstić information content (AvgIpc) is 3.03. The Balaban J connectivity index is 1.55. The Morgan fingerprint density at radius 2 is 1.87 bits per heavy atom. The summed E-state index contributed by atoms with van der Waals surface area (Å²) in [4.78, 5) is 46.2. The molecular formula is C24H22N4O3. The molecular weight excluding hydrogens is 392 g/mol. The smallest absolute Gasteiger partial charge is 0.259 e. The molecule has 1 aromatic heterocycles. The molecule has 3 aromatic rings. The highest BCUT2D eigenvalue weighted by atomic mass is 16.2. The van der Waals surface area contributed by atoms with Crippen LogP contribution in [0.15, 0.2) is 66.0 Å². The van der Waals surface area contributed by atoms with Crippen LogP contribution in [0.25, 0.3) is 17.1 Å². The van der Waals surface area contributed by atoms with Gasteiger partial charge in [0.15, 0.2) is 0 Å². The molecule has 0 spiro atoms. The molecule has 0 saturated carbocycles. The highest BCUT2D eigenvalue weighted by molar-refractivity contribution is 6.11. The standard InChI is InChI=1S/C24H22N4O3/c1-4-17-13-21(29)27-22(25-17)16-8-7-9-18(12-16)26-23(30)15(3)28-14(2)19-10-5-6-11-20(19)24(28)31/h5-13,15H,2,4H2,1,3H3,(H,26,30)(H,25,27,29)/t15-/m0/s1. The summed E-state index contributed by atoms with van der Waals surface area (Å²) in [5, 5.41) is 2.85. The van der Waals surface area contributed by atoms with Gasteiger partial charge in [0.25, 0.3) is 11.5 Å². The Kier molecular flexibility index (Phi) is 5.25. The predicted octanol–water partition coefficient (Wildman–Crippen LogP) is 3.45. The maximum Gasteiger partial charge on any atom is 0.259 e. The van der Waals surface area contributed by atoms with E-state index in [-0.39, 0.29) is 17.4 Å². The van der Waals surface area contributed by atoms with E-state index in [1.165, 1.54) is 11.0 Å². The van der Waals surface area contributed by atoms with Crippen LogP contribution in [0.3, 0.4) is 0 Å². The number of carbonyl (C=O) groups is 2. The van der Waals surface area contributed by atoms with Crippen molar-refractivity contribution in [1.29, 1.82) is 0 Å². The van der Waals surface area contributed by atoms with Gasteiger partial charge in [-0.3, -0.25) is 19.3 Å². The number of aromatic nitrogens is 2. The number of aryl methyl sites for hydroxylation is 1. The molecule has 4 rings (SSSR count). The van der Waals surface area contributed by atoms with E-state index in [1.807, 2.05) is 19.1 Å². The monoisotopic (exact) mass is 414 g/mol. The number of fused-ring (bicyclic) bond motifs is 1. The molecule has 0 fully saturated rings. The van der Waals surface area contributed by atoms with Crippen molar-refractivity contribution in [3.8, 4) is 11.4 Å². The molecule has 2 heterocycles. The first-order valence-corrected chi connectivity index (χ1v) is 10.0. The Hall–Kier alpha value is -4.00. The number of H-pyrrole nitrogens is 1. The minimum Gasteiger partial charge on any atom is -0.324 e. The molecule has 1 aliphatic heterocycles. The molecule has 1 aliphatic rings.